The molecule has 1 atom stereocenters. The summed E-state index contributed by atoms with van der Waals surface area (Å²) in [5, 5.41) is 3.18. The summed E-state index contributed by atoms with van der Waals surface area (Å²) in [4.78, 5) is 14.1. The molecule has 0 saturated carbocycles. The van der Waals surface area contributed by atoms with Crippen molar-refractivity contribution in [2.24, 2.45) is 5.92 Å². The molecule has 1 N–H and O–H groups in total. The number of ether oxygens (including phenoxy) is 1. The van der Waals surface area contributed by atoms with E-state index >= 15 is 0 Å². The van der Waals surface area contributed by atoms with Crippen molar-refractivity contribution in [3.05, 3.63) is 29.3 Å². The highest BCUT2D eigenvalue weighted by Crippen LogP contribution is 2.21. The number of nitrogens with zero attached hydrogens (tertiary/aromatic N) is 1. The monoisotopic (exact) mass is 290 g/mol. The second kappa shape index (κ2) is 7.46. The third kappa shape index (κ3) is 4.21. The van der Waals surface area contributed by atoms with Crippen LogP contribution in [0, 0.1) is 19.8 Å². The fraction of sp³-hybridized carbons (Fsp3) is 0.588. The summed E-state index contributed by atoms with van der Waals surface area (Å²) in [5.74, 6) is 1.69. The van der Waals surface area contributed by atoms with E-state index in [1.165, 1.54) is 5.56 Å². The Morgan fingerprint density at radius 3 is 3.00 bits per heavy atom. The lowest BCUT2D eigenvalue weighted by Gasteiger charge is -2.17. The molecule has 1 saturated heterocycles. The van der Waals surface area contributed by atoms with E-state index in [-0.39, 0.29) is 5.91 Å². The van der Waals surface area contributed by atoms with Crippen LogP contribution in [-0.4, -0.2) is 44.1 Å². The smallest absolute Gasteiger partial charge is 0.226 e. The quantitative estimate of drug-likeness (QED) is 0.873. The topological polar surface area (TPSA) is 41.6 Å². The Labute approximate surface area is 127 Å². The number of carbonyl (C=O) groups excluding carboxylic acids is 1. The zero-order valence-corrected chi connectivity index (χ0v) is 13.3. The molecule has 1 aromatic carbocycles. The van der Waals surface area contributed by atoms with Crippen LogP contribution in [0.3, 0.4) is 0 Å². The standard InChI is InChI=1S/C17H26N2O2/c1-13-5-4-6-16(14(13)2)21-10-8-17(20)19-9-7-15(12-19)11-18-3/h4-6,15,18H,7-12H2,1-3H3/t15-/m1/s1. The molecular formula is C17H26N2O2. The minimum absolute atomic E-state index is 0.207. The summed E-state index contributed by atoms with van der Waals surface area (Å²) in [6, 6.07) is 6.02. The van der Waals surface area contributed by atoms with Crippen LogP contribution in [0.2, 0.25) is 0 Å². The van der Waals surface area contributed by atoms with Gasteiger partial charge in [0.05, 0.1) is 13.0 Å². The lowest BCUT2D eigenvalue weighted by molar-refractivity contribution is -0.130. The first-order valence-electron chi connectivity index (χ1n) is 7.73. The summed E-state index contributed by atoms with van der Waals surface area (Å²) < 4.78 is 5.76. The van der Waals surface area contributed by atoms with Crippen molar-refractivity contribution in [2.75, 3.05) is 33.3 Å². The molecule has 0 bridgehead atoms. The van der Waals surface area contributed by atoms with E-state index < -0.39 is 0 Å². The SMILES string of the molecule is CNC[C@H]1CCN(C(=O)CCOc2cccc(C)c2C)C1. The molecule has 1 heterocycles. The molecule has 2 rings (SSSR count). The van der Waals surface area contributed by atoms with Crippen molar-refractivity contribution in [3.63, 3.8) is 0 Å². The minimum atomic E-state index is 0.207. The van der Waals surface area contributed by atoms with Crippen molar-refractivity contribution >= 4 is 5.91 Å². The Bertz CT molecular complexity index is 488. The summed E-state index contributed by atoms with van der Waals surface area (Å²) in [7, 11) is 1.96. The number of hydrogen-bond donors (Lipinski definition) is 1. The van der Waals surface area contributed by atoms with Crippen LogP contribution < -0.4 is 10.1 Å². The molecule has 0 aliphatic carbocycles. The van der Waals surface area contributed by atoms with Gasteiger partial charge in [0.1, 0.15) is 5.75 Å². The minimum Gasteiger partial charge on any atom is -0.493 e. The molecule has 0 aromatic heterocycles. The summed E-state index contributed by atoms with van der Waals surface area (Å²) in [6.45, 7) is 7.33. The van der Waals surface area contributed by atoms with Crippen LogP contribution in [0.4, 0.5) is 0 Å². The van der Waals surface area contributed by atoms with Crippen molar-refractivity contribution in [3.8, 4) is 5.75 Å². The van der Waals surface area contributed by atoms with Crippen LogP contribution in [0.1, 0.15) is 24.0 Å². The van der Waals surface area contributed by atoms with Crippen LogP contribution in [0.5, 0.6) is 5.75 Å². The van der Waals surface area contributed by atoms with Crippen LogP contribution in [-0.2, 0) is 4.79 Å². The van der Waals surface area contributed by atoms with Gasteiger partial charge >= 0.3 is 0 Å². The van der Waals surface area contributed by atoms with Crippen LogP contribution in [0.25, 0.3) is 0 Å². The van der Waals surface area contributed by atoms with Gasteiger partial charge < -0.3 is 15.0 Å². The lowest BCUT2D eigenvalue weighted by Crippen LogP contribution is -2.31. The lowest BCUT2D eigenvalue weighted by atomic mass is 10.1. The number of nitrogens with one attached hydrogen (secondary N) is 1. The molecule has 1 aliphatic heterocycles. The first-order chi connectivity index (χ1) is 10.1. The first-order valence-corrected chi connectivity index (χ1v) is 7.73. The summed E-state index contributed by atoms with van der Waals surface area (Å²) >= 11 is 0. The molecular weight excluding hydrogens is 264 g/mol. The highest BCUT2D eigenvalue weighted by atomic mass is 16.5. The molecule has 116 valence electrons. The van der Waals surface area contributed by atoms with Crippen molar-refractivity contribution in [1.82, 2.24) is 10.2 Å². The van der Waals surface area contributed by atoms with Gasteiger partial charge in [0.2, 0.25) is 5.91 Å². The van der Waals surface area contributed by atoms with Gasteiger partial charge in [0.15, 0.2) is 0 Å². The number of hydrogen-bond acceptors (Lipinski definition) is 3. The summed E-state index contributed by atoms with van der Waals surface area (Å²) in [6.07, 6.45) is 1.56. The van der Waals surface area contributed by atoms with Gasteiger partial charge in [-0.25, -0.2) is 0 Å². The fourth-order valence-corrected chi connectivity index (χ4v) is 2.80. The second-order valence-corrected chi connectivity index (χ2v) is 5.85. The Morgan fingerprint density at radius 1 is 1.43 bits per heavy atom. The van der Waals surface area contributed by atoms with Gasteiger partial charge in [-0.15, -0.1) is 0 Å². The Morgan fingerprint density at radius 2 is 2.24 bits per heavy atom. The predicted octanol–water partition coefficient (Wildman–Crippen LogP) is 2.14. The third-order valence-electron chi connectivity index (χ3n) is 4.26. The normalized spacial score (nSPS) is 18.0. The Balaban J connectivity index is 1.76. The van der Waals surface area contributed by atoms with E-state index in [2.05, 4.69) is 25.2 Å². The van der Waals surface area contributed by atoms with Gasteiger partial charge in [-0.2, -0.15) is 0 Å². The third-order valence-corrected chi connectivity index (χ3v) is 4.26. The molecule has 1 fully saturated rings. The number of amides is 1. The van der Waals surface area contributed by atoms with Gasteiger partial charge in [0, 0.05) is 13.1 Å². The zero-order chi connectivity index (χ0) is 15.2. The number of likely N-dealkylation sites (tertiary alicyclic amines) is 1. The average Bonchev–Trinajstić information content (AvgIpc) is 2.92. The van der Waals surface area contributed by atoms with Gasteiger partial charge in [-0.1, -0.05) is 12.1 Å². The van der Waals surface area contributed by atoms with Gasteiger partial charge in [-0.05, 0) is 57.0 Å². The maximum atomic E-state index is 12.2. The van der Waals surface area contributed by atoms with Crippen molar-refractivity contribution in [1.29, 1.82) is 0 Å². The summed E-state index contributed by atoms with van der Waals surface area (Å²) in [5.41, 5.74) is 2.37. The van der Waals surface area contributed by atoms with Crippen molar-refractivity contribution < 1.29 is 9.53 Å². The fourth-order valence-electron chi connectivity index (χ4n) is 2.80. The molecule has 1 amide bonds. The molecule has 4 heteroatoms. The van der Waals surface area contributed by atoms with Crippen LogP contribution >= 0.6 is 0 Å². The molecule has 1 aliphatic rings. The Hall–Kier alpha value is -1.55. The van der Waals surface area contributed by atoms with E-state index in [0.29, 0.717) is 18.9 Å². The van der Waals surface area contributed by atoms with Crippen LogP contribution in [0.15, 0.2) is 18.2 Å². The van der Waals surface area contributed by atoms with E-state index in [9.17, 15) is 4.79 Å². The number of rotatable bonds is 6. The first kappa shape index (κ1) is 15.8. The van der Waals surface area contributed by atoms with Gasteiger partial charge in [-0.3, -0.25) is 4.79 Å². The average molecular weight is 290 g/mol. The molecule has 0 radical (unpaired) electrons. The highest BCUT2D eigenvalue weighted by molar-refractivity contribution is 5.76. The van der Waals surface area contributed by atoms with E-state index in [1.54, 1.807) is 0 Å². The predicted molar refractivity (Wildman–Crippen MR) is 84.6 cm³/mol. The van der Waals surface area contributed by atoms with Crippen molar-refractivity contribution in [2.45, 2.75) is 26.7 Å². The van der Waals surface area contributed by atoms with E-state index in [4.69, 9.17) is 4.74 Å². The maximum Gasteiger partial charge on any atom is 0.226 e. The van der Waals surface area contributed by atoms with E-state index in [1.807, 2.05) is 24.1 Å². The molecule has 4 nitrogen and oxygen atoms in total. The maximum absolute atomic E-state index is 12.2. The molecule has 1 aromatic rings. The largest absolute Gasteiger partial charge is 0.493 e. The van der Waals surface area contributed by atoms with Gasteiger partial charge in [0.25, 0.3) is 0 Å². The number of aryl methyl sites for hydroxylation is 1. The molecule has 0 unspecified atom stereocenters. The van der Waals surface area contributed by atoms with E-state index in [0.717, 1.165) is 37.4 Å². The zero-order valence-electron chi connectivity index (χ0n) is 13.3. The number of carbonyl (C=O) groups is 1. The molecule has 0 spiro atoms. The second-order valence-electron chi connectivity index (χ2n) is 5.85. The molecule has 21 heavy (non-hydrogen) atoms. The number of benzene rings is 1. The Kier molecular flexibility index (Phi) is 5.62. The highest BCUT2D eigenvalue weighted by Gasteiger charge is 2.25.